The molecule has 1 saturated heterocycles. The van der Waals surface area contributed by atoms with Gasteiger partial charge in [0, 0.05) is 38.1 Å². The Bertz CT molecular complexity index is 634. The Morgan fingerprint density at radius 3 is 2.38 bits per heavy atom. The standard InChI is InChI=1S/C17H20FN3/c1-13-5-3-7-16(14(13)2)20-9-11-21(12-10-20)17-15(18)6-4-8-19-17/h3-8H,9-12H2,1-2H3. The van der Waals surface area contributed by atoms with Crippen LogP contribution in [0.15, 0.2) is 36.5 Å². The number of halogens is 1. The third kappa shape index (κ3) is 2.71. The Morgan fingerprint density at radius 1 is 0.952 bits per heavy atom. The molecule has 21 heavy (non-hydrogen) atoms. The maximum Gasteiger partial charge on any atom is 0.165 e. The molecule has 1 aliphatic heterocycles. The smallest absolute Gasteiger partial charge is 0.165 e. The van der Waals surface area contributed by atoms with Gasteiger partial charge in [-0.1, -0.05) is 12.1 Å². The van der Waals surface area contributed by atoms with Crippen LogP contribution in [0.4, 0.5) is 15.9 Å². The van der Waals surface area contributed by atoms with E-state index < -0.39 is 0 Å². The van der Waals surface area contributed by atoms with E-state index >= 15 is 0 Å². The summed E-state index contributed by atoms with van der Waals surface area (Å²) in [6, 6.07) is 9.50. The molecule has 0 atom stereocenters. The van der Waals surface area contributed by atoms with Crippen LogP contribution in [0.1, 0.15) is 11.1 Å². The number of pyridine rings is 1. The second-order valence-corrected chi connectivity index (χ2v) is 5.50. The SMILES string of the molecule is Cc1cccc(N2CCN(c3ncccc3F)CC2)c1C. The second-order valence-electron chi connectivity index (χ2n) is 5.50. The topological polar surface area (TPSA) is 19.4 Å². The Morgan fingerprint density at radius 2 is 1.67 bits per heavy atom. The fourth-order valence-electron chi connectivity index (χ4n) is 2.85. The summed E-state index contributed by atoms with van der Waals surface area (Å²) in [7, 11) is 0. The molecule has 2 heterocycles. The monoisotopic (exact) mass is 285 g/mol. The van der Waals surface area contributed by atoms with Gasteiger partial charge < -0.3 is 9.80 Å². The average molecular weight is 285 g/mol. The molecular formula is C17H20FN3. The molecule has 1 aromatic carbocycles. The van der Waals surface area contributed by atoms with E-state index in [2.05, 4.69) is 41.9 Å². The molecule has 3 nitrogen and oxygen atoms in total. The van der Waals surface area contributed by atoms with Crippen LogP contribution in [-0.4, -0.2) is 31.2 Å². The number of piperazine rings is 1. The largest absolute Gasteiger partial charge is 0.368 e. The van der Waals surface area contributed by atoms with Gasteiger partial charge in [-0.15, -0.1) is 0 Å². The highest BCUT2D eigenvalue weighted by molar-refractivity contribution is 5.57. The average Bonchev–Trinajstić information content (AvgIpc) is 2.51. The maximum atomic E-state index is 13.8. The van der Waals surface area contributed by atoms with Crippen molar-refractivity contribution in [2.24, 2.45) is 0 Å². The number of hydrogen-bond donors (Lipinski definition) is 0. The Kier molecular flexibility index (Phi) is 3.78. The quantitative estimate of drug-likeness (QED) is 0.845. The molecule has 0 saturated carbocycles. The number of anilines is 2. The molecule has 3 rings (SSSR count). The lowest BCUT2D eigenvalue weighted by Crippen LogP contribution is -2.47. The van der Waals surface area contributed by atoms with Gasteiger partial charge in [-0.3, -0.25) is 0 Å². The van der Waals surface area contributed by atoms with E-state index in [0.29, 0.717) is 5.82 Å². The van der Waals surface area contributed by atoms with Gasteiger partial charge in [0.1, 0.15) is 0 Å². The molecular weight excluding hydrogens is 265 g/mol. The zero-order valence-electron chi connectivity index (χ0n) is 12.5. The molecule has 0 radical (unpaired) electrons. The van der Waals surface area contributed by atoms with Crippen LogP contribution < -0.4 is 9.80 Å². The van der Waals surface area contributed by atoms with Crippen LogP contribution in [-0.2, 0) is 0 Å². The third-order valence-electron chi connectivity index (χ3n) is 4.23. The lowest BCUT2D eigenvalue weighted by molar-refractivity contribution is 0.588. The molecule has 0 aliphatic carbocycles. The summed E-state index contributed by atoms with van der Waals surface area (Å²) < 4.78 is 13.8. The molecule has 0 bridgehead atoms. The van der Waals surface area contributed by atoms with Crippen LogP contribution in [0.25, 0.3) is 0 Å². The Labute approximate surface area is 125 Å². The number of aromatic nitrogens is 1. The first-order valence-electron chi connectivity index (χ1n) is 7.33. The Hall–Kier alpha value is -2.10. The normalized spacial score (nSPS) is 15.4. The highest BCUT2D eigenvalue weighted by Gasteiger charge is 2.21. The molecule has 1 aliphatic rings. The first-order valence-corrected chi connectivity index (χ1v) is 7.33. The number of benzene rings is 1. The summed E-state index contributed by atoms with van der Waals surface area (Å²) in [6.45, 7) is 7.66. The van der Waals surface area contributed by atoms with Crippen LogP contribution in [0.2, 0.25) is 0 Å². The molecule has 0 spiro atoms. The van der Waals surface area contributed by atoms with E-state index in [1.165, 1.54) is 22.9 Å². The van der Waals surface area contributed by atoms with Crippen molar-refractivity contribution in [3.05, 3.63) is 53.5 Å². The lowest BCUT2D eigenvalue weighted by atomic mass is 10.1. The minimum Gasteiger partial charge on any atom is -0.368 e. The fraction of sp³-hybridized carbons (Fsp3) is 0.353. The fourth-order valence-corrected chi connectivity index (χ4v) is 2.85. The molecule has 0 N–H and O–H groups in total. The van der Waals surface area contributed by atoms with Gasteiger partial charge in [0.25, 0.3) is 0 Å². The summed E-state index contributed by atoms with van der Waals surface area (Å²) in [5.41, 5.74) is 3.93. The van der Waals surface area contributed by atoms with Gasteiger partial charge in [0.05, 0.1) is 0 Å². The van der Waals surface area contributed by atoms with Crippen molar-refractivity contribution in [3.8, 4) is 0 Å². The first kappa shape index (κ1) is 13.9. The highest BCUT2D eigenvalue weighted by Crippen LogP contribution is 2.25. The molecule has 1 fully saturated rings. The summed E-state index contributed by atoms with van der Waals surface area (Å²) in [6.07, 6.45) is 1.65. The van der Waals surface area contributed by atoms with E-state index in [0.717, 1.165) is 26.2 Å². The van der Waals surface area contributed by atoms with Crippen LogP contribution in [0.5, 0.6) is 0 Å². The minimum absolute atomic E-state index is 0.238. The number of rotatable bonds is 2. The van der Waals surface area contributed by atoms with Crippen molar-refractivity contribution in [2.75, 3.05) is 36.0 Å². The van der Waals surface area contributed by atoms with Crippen LogP contribution in [0.3, 0.4) is 0 Å². The summed E-state index contributed by atoms with van der Waals surface area (Å²) >= 11 is 0. The van der Waals surface area contributed by atoms with Gasteiger partial charge in [-0.25, -0.2) is 9.37 Å². The maximum absolute atomic E-state index is 13.8. The van der Waals surface area contributed by atoms with E-state index in [1.54, 1.807) is 12.3 Å². The second kappa shape index (κ2) is 5.72. The van der Waals surface area contributed by atoms with Crippen molar-refractivity contribution in [2.45, 2.75) is 13.8 Å². The van der Waals surface area contributed by atoms with Gasteiger partial charge >= 0.3 is 0 Å². The van der Waals surface area contributed by atoms with E-state index in [4.69, 9.17) is 0 Å². The zero-order chi connectivity index (χ0) is 14.8. The zero-order valence-corrected chi connectivity index (χ0v) is 12.5. The van der Waals surface area contributed by atoms with Crippen LogP contribution in [0, 0.1) is 19.7 Å². The van der Waals surface area contributed by atoms with E-state index in [1.807, 2.05) is 4.90 Å². The van der Waals surface area contributed by atoms with Crippen molar-refractivity contribution in [1.82, 2.24) is 4.98 Å². The minimum atomic E-state index is -0.238. The molecule has 0 amide bonds. The Balaban J connectivity index is 1.74. The number of hydrogen-bond acceptors (Lipinski definition) is 3. The van der Waals surface area contributed by atoms with Gasteiger partial charge in [-0.05, 0) is 43.2 Å². The first-order chi connectivity index (χ1) is 10.2. The molecule has 1 aromatic heterocycles. The van der Waals surface area contributed by atoms with Gasteiger partial charge in [-0.2, -0.15) is 0 Å². The van der Waals surface area contributed by atoms with E-state index in [9.17, 15) is 4.39 Å². The van der Waals surface area contributed by atoms with E-state index in [-0.39, 0.29) is 5.82 Å². The van der Waals surface area contributed by atoms with Crippen molar-refractivity contribution >= 4 is 11.5 Å². The predicted molar refractivity (Wildman–Crippen MR) is 84.5 cm³/mol. The summed E-state index contributed by atoms with van der Waals surface area (Å²) in [5, 5.41) is 0. The van der Waals surface area contributed by atoms with Crippen molar-refractivity contribution in [3.63, 3.8) is 0 Å². The van der Waals surface area contributed by atoms with Crippen molar-refractivity contribution < 1.29 is 4.39 Å². The van der Waals surface area contributed by atoms with Crippen LogP contribution >= 0.6 is 0 Å². The highest BCUT2D eigenvalue weighted by atomic mass is 19.1. The lowest BCUT2D eigenvalue weighted by Gasteiger charge is -2.37. The number of aryl methyl sites for hydroxylation is 1. The number of nitrogens with zero attached hydrogens (tertiary/aromatic N) is 3. The summed E-state index contributed by atoms with van der Waals surface area (Å²) in [5.74, 6) is 0.232. The summed E-state index contributed by atoms with van der Waals surface area (Å²) in [4.78, 5) is 8.56. The van der Waals surface area contributed by atoms with Gasteiger partial charge in [0.15, 0.2) is 11.6 Å². The van der Waals surface area contributed by atoms with Gasteiger partial charge in [0.2, 0.25) is 0 Å². The molecule has 0 unspecified atom stereocenters. The third-order valence-corrected chi connectivity index (χ3v) is 4.23. The molecule has 2 aromatic rings. The predicted octanol–water partition coefficient (Wildman–Crippen LogP) is 3.16. The van der Waals surface area contributed by atoms with Crippen molar-refractivity contribution in [1.29, 1.82) is 0 Å². The molecule has 110 valence electrons. The molecule has 4 heteroatoms.